The molecule has 0 bridgehead atoms. The summed E-state index contributed by atoms with van der Waals surface area (Å²) in [6.45, 7) is 4.13. The fourth-order valence-electron chi connectivity index (χ4n) is 2.50. The van der Waals surface area contributed by atoms with E-state index in [4.69, 9.17) is 14.0 Å². The van der Waals surface area contributed by atoms with Crippen LogP contribution in [0.15, 0.2) is 59.3 Å². The van der Waals surface area contributed by atoms with E-state index in [-0.39, 0.29) is 0 Å². The highest BCUT2D eigenvalue weighted by molar-refractivity contribution is 5.87. The van der Waals surface area contributed by atoms with Gasteiger partial charge >= 0.3 is 5.97 Å². The minimum absolute atomic E-state index is 0.296. The van der Waals surface area contributed by atoms with Crippen LogP contribution >= 0.6 is 0 Å². The summed E-state index contributed by atoms with van der Waals surface area (Å²) in [4.78, 5) is 20.5. The summed E-state index contributed by atoms with van der Waals surface area (Å²) < 4.78 is 16.1. The smallest absolute Gasteiger partial charge is 0.331 e. The molecule has 0 saturated heterocycles. The van der Waals surface area contributed by atoms with Crippen LogP contribution in [0.1, 0.15) is 49.3 Å². The van der Waals surface area contributed by atoms with Crippen molar-refractivity contribution in [3.05, 3.63) is 77.7 Å². The van der Waals surface area contributed by atoms with E-state index in [0.29, 0.717) is 18.3 Å². The van der Waals surface area contributed by atoms with Gasteiger partial charge in [-0.25, -0.2) is 4.79 Å². The maximum atomic E-state index is 12.0. The first-order chi connectivity index (χ1) is 14.1. The Morgan fingerprint density at radius 1 is 1.21 bits per heavy atom. The molecule has 0 radical (unpaired) electrons. The zero-order valence-electron chi connectivity index (χ0n) is 16.4. The van der Waals surface area contributed by atoms with Gasteiger partial charge in [0, 0.05) is 18.7 Å². The molecule has 2 heterocycles. The Kier molecular flexibility index (Phi) is 7.10. The third-order valence-electron chi connectivity index (χ3n) is 4.00. The lowest BCUT2D eigenvalue weighted by Crippen LogP contribution is -2.06. The van der Waals surface area contributed by atoms with Gasteiger partial charge in [0.25, 0.3) is 5.89 Å². The van der Waals surface area contributed by atoms with Crippen LogP contribution in [0, 0.1) is 0 Å². The lowest BCUT2D eigenvalue weighted by Gasteiger charge is -2.07. The molecule has 150 valence electrons. The van der Waals surface area contributed by atoms with Crippen LogP contribution in [0.3, 0.4) is 0 Å². The number of carbonyl (C=O) groups excluding carboxylic acids is 1. The van der Waals surface area contributed by atoms with Gasteiger partial charge in [-0.2, -0.15) is 4.98 Å². The van der Waals surface area contributed by atoms with Crippen molar-refractivity contribution in [2.75, 3.05) is 0 Å². The predicted octanol–water partition coefficient (Wildman–Crippen LogP) is 4.31. The molecule has 1 aromatic carbocycles. The molecule has 1 unspecified atom stereocenters. The quantitative estimate of drug-likeness (QED) is 0.395. The normalized spacial score (nSPS) is 12.1. The molecule has 0 N–H and O–H groups in total. The molecule has 29 heavy (non-hydrogen) atoms. The van der Waals surface area contributed by atoms with E-state index in [1.807, 2.05) is 49.4 Å². The highest BCUT2D eigenvalue weighted by atomic mass is 16.6. The summed E-state index contributed by atoms with van der Waals surface area (Å²) >= 11 is 0. The van der Waals surface area contributed by atoms with Gasteiger partial charge in [0.15, 0.2) is 11.9 Å². The molecule has 3 aromatic rings. The fourth-order valence-corrected chi connectivity index (χ4v) is 2.50. The van der Waals surface area contributed by atoms with Gasteiger partial charge in [0.2, 0.25) is 0 Å². The number of hydrogen-bond donors (Lipinski definition) is 0. The van der Waals surface area contributed by atoms with Crippen LogP contribution in [-0.2, 0) is 22.6 Å². The summed E-state index contributed by atoms with van der Waals surface area (Å²) in [5.74, 6) is 1.16. The van der Waals surface area contributed by atoms with Crippen molar-refractivity contribution in [2.45, 2.75) is 39.4 Å². The second-order valence-corrected chi connectivity index (χ2v) is 6.39. The number of aryl methyl sites for hydroxylation is 1. The molecular weight excluding hydrogens is 370 g/mol. The Hall–Kier alpha value is -3.48. The van der Waals surface area contributed by atoms with E-state index in [2.05, 4.69) is 15.1 Å². The van der Waals surface area contributed by atoms with Crippen molar-refractivity contribution in [3.63, 3.8) is 0 Å². The largest absolute Gasteiger partial charge is 0.487 e. The van der Waals surface area contributed by atoms with E-state index in [1.165, 1.54) is 6.08 Å². The molecule has 2 aromatic heterocycles. The Labute approximate surface area is 169 Å². The van der Waals surface area contributed by atoms with E-state index in [0.717, 1.165) is 29.8 Å². The first-order valence-electron chi connectivity index (χ1n) is 9.48. The van der Waals surface area contributed by atoms with Gasteiger partial charge in [0.1, 0.15) is 12.4 Å². The third-order valence-corrected chi connectivity index (χ3v) is 4.00. The number of nitrogens with zero attached hydrogens (tertiary/aromatic N) is 3. The van der Waals surface area contributed by atoms with Crippen molar-refractivity contribution in [1.29, 1.82) is 0 Å². The van der Waals surface area contributed by atoms with Crippen LogP contribution in [-0.4, -0.2) is 21.1 Å². The molecular formula is C22H23N3O4. The van der Waals surface area contributed by atoms with E-state index in [1.54, 1.807) is 19.2 Å². The summed E-state index contributed by atoms with van der Waals surface area (Å²) in [6, 6.07) is 13.1. The number of rotatable bonds is 9. The Morgan fingerprint density at radius 2 is 2.03 bits per heavy atom. The summed E-state index contributed by atoms with van der Waals surface area (Å²) in [5, 5.41) is 3.86. The molecule has 0 aliphatic heterocycles. The zero-order valence-corrected chi connectivity index (χ0v) is 16.4. The number of benzene rings is 1. The van der Waals surface area contributed by atoms with Crippen LogP contribution in [0.25, 0.3) is 6.08 Å². The van der Waals surface area contributed by atoms with E-state index >= 15 is 0 Å². The highest BCUT2D eigenvalue weighted by Gasteiger charge is 2.17. The van der Waals surface area contributed by atoms with Crippen molar-refractivity contribution >= 4 is 12.0 Å². The topological polar surface area (TPSA) is 87.3 Å². The van der Waals surface area contributed by atoms with Gasteiger partial charge in [-0.1, -0.05) is 30.3 Å². The molecule has 7 heteroatoms. The van der Waals surface area contributed by atoms with Crippen molar-refractivity contribution in [1.82, 2.24) is 15.1 Å². The van der Waals surface area contributed by atoms with Gasteiger partial charge in [-0.3, -0.25) is 4.98 Å². The number of pyridine rings is 1. The Balaban J connectivity index is 1.49. The van der Waals surface area contributed by atoms with Crippen LogP contribution in [0.5, 0.6) is 5.75 Å². The van der Waals surface area contributed by atoms with Gasteiger partial charge < -0.3 is 14.0 Å². The highest BCUT2D eigenvalue weighted by Crippen LogP contribution is 2.17. The summed E-state index contributed by atoms with van der Waals surface area (Å²) in [6.07, 6.45) is 5.81. The average Bonchev–Trinajstić information content (AvgIpc) is 3.21. The number of esters is 1. The molecule has 0 spiro atoms. The molecule has 0 fully saturated rings. The van der Waals surface area contributed by atoms with E-state index in [9.17, 15) is 4.79 Å². The lowest BCUT2D eigenvalue weighted by molar-refractivity contribution is -0.143. The predicted molar refractivity (Wildman–Crippen MR) is 107 cm³/mol. The molecule has 1 atom stereocenters. The molecule has 0 aliphatic carbocycles. The summed E-state index contributed by atoms with van der Waals surface area (Å²) in [7, 11) is 0. The minimum atomic E-state index is -0.604. The molecule has 0 aliphatic rings. The summed E-state index contributed by atoms with van der Waals surface area (Å²) in [5.41, 5.74) is 1.71. The molecule has 7 nitrogen and oxygen atoms in total. The minimum Gasteiger partial charge on any atom is -0.487 e. The Bertz CT molecular complexity index is 936. The van der Waals surface area contributed by atoms with Crippen LogP contribution in [0.4, 0.5) is 0 Å². The van der Waals surface area contributed by atoms with Crippen molar-refractivity contribution < 1.29 is 18.8 Å². The first kappa shape index (κ1) is 20.3. The van der Waals surface area contributed by atoms with Gasteiger partial charge in [0.05, 0.1) is 5.69 Å². The number of aromatic nitrogens is 3. The fraction of sp³-hybridized carbons (Fsp3) is 0.273. The van der Waals surface area contributed by atoms with E-state index < -0.39 is 12.1 Å². The van der Waals surface area contributed by atoms with Crippen molar-refractivity contribution in [2.24, 2.45) is 0 Å². The third kappa shape index (κ3) is 6.27. The average molecular weight is 393 g/mol. The maximum Gasteiger partial charge on any atom is 0.331 e. The second-order valence-electron chi connectivity index (χ2n) is 6.39. The molecule has 3 rings (SSSR count). The zero-order chi connectivity index (χ0) is 20.5. The number of carbonyl (C=O) groups is 1. The first-order valence-corrected chi connectivity index (χ1v) is 9.48. The number of ether oxygens (including phenoxy) is 2. The van der Waals surface area contributed by atoms with Gasteiger partial charge in [-0.15, -0.1) is 0 Å². The van der Waals surface area contributed by atoms with Crippen molar-refractivity contribution in [3.8, 4) is 5.75 Å². The monoisotopic (exact) mass is 393 g/mol. The SMILES string of the molecule is CCCc1noc(C(C)OC(=O)/C=C/c2ccc(OCc3ccccn3)cc2)n1. The lowest BCUT2D eigenvalue weighted by atomic mass is 10.2. The standard InChI is InChI=1S/C22H23N3O4/c1-3-6-20-24-22(29-25-20)16(2)28-21(26)13-10-17-8-11-19(12-9-17)27-15-18-7-4-5-14-23-18/h4-5,7-14,16H,3,6,15H2,1-2H3/b13-10+. The number of hydrogen-bond acceptors (Lipinski definition) is 7. The van der Waals surface area contributed by atoms with Crippen LogP contribution < -0.4 is 4.74 Å². The molecule has 0 amide bonds. The van der Waals surface area contributed by atoms with Gasteiger partial charge in [-0.05, 0) is 49.2 Å². The Morgan fingerprint density at radius 3 is 2.76 bits per heavy atom. The second kappa shape index (κ2) is 10.2. The van der Waals surface area contributed by atoms with Crippen LogP contribution in [0.2, 0.25) is 0 Å². The maximum absolute atomic E-state index is 12.0. The molecule has 0 saturated carbocycles.